The monoisotopic (exact) mass is 203 g/mol. The SMILES string of the molecule is C#CCN(C)[C@@H]1C[C@H](F)c2ccccc21. The smallest absolute Gasteiger partial charge is 0.127 e. The minimum Gasteiger partial charge on any atom is -0.288 e. The van der Waals surface area contributed by atoms with Gasteiger partial charge in [-0.2, -0.15) is 0 Å². The summed E-state index contributed by atoms with van der Waals surface area (Å²) in [7, 11) is 1.94. The molecule has 1 aliphatic rings. The van der Waals surface area contributed by atoms with Gasteiger partial charge in [0.2, 0.25) is 0 Å². The van der Waals surface area contributed by atoms with Gasteiger partial charge in [0.15, 0.2) is 0 Å². The Balaban J connectivity index is 2.29. The summed E-state index contributed by atoms with van der Waals surface area (Å²) in [6.45, 7) is 0.561. The van der Waals surface area contributed by atoms with Crippen molar-refractivity contribution in [1.29, 1.82) is 0 Å². The number of halogens is 1. The summed E-state index contributed by atoms with van der Waals surface area (Å²) in [5, 5.41) is 0. The van der Waals surface area contributed by atoms with Gasteiger partial charge in [-0.15, -0.1) is 6.42 Å². The van der Waals surface area contributed by atoms with E-state index in [1.165, 1.54) is 0 Å². The highest BCUT2D eigenvalue weighted by atomic mass is 19.1. The molecule has 0 saturated heterocycles. The summed E-state index contributed by atoms with van der Waals surface area (Å²) < 4.78 is 13.7. The largest absolute Gasteiger partial charge is 0.288 e. The van der Waals surface area contributed by atoms with Crippen molar-refractivity contribution >= 4 is 0 Å². The molecule has 0 saturated carbocycles. The second kappa shape index (κ2) is 4.04. The first-order chi connectivity index (χ1) is 7.24. The number of terminal acetylenes is 1. The zero-order valence-corrected chi connectivity index (χ0v) is 8.78. The van der Waals surface area contributed by atoms with Crippen molar-refractivity contribution in [2.45, 2.75) is 18.6 Å². The van der Waals surface area contributed by atoms with Gasteiger partial charge in [-0.3, -0.25) is 4.90 Å². The van der Waals surface area contributed by atoms with Crippen LogP contribution in [0.5, 0.6) is 0 Å². The molecule has 15 heavy (non-hydrogen) atoms. The second-order valence-electron chi connectivity index (χ2n) is 3.97. The number of hydrogen-bond donors (Lipinski definition) is 0. The molecule has 2 rings (SSSR count). The van der Waals surface area contributed by atoms with Crippen LogP contribution in [-0.2, 0) is 0 Å². The van der Waals surface area contributed by atoms with Crippen molar-refractivity contribution in [3.8, 4) is 12.3 Å². The molecule has 0 bridgehead atoms. The van der Waals surface area contributed by atoms with E-state index in [2.05, 4.69) is 5.92 Å². The first-order valence-electron chi connectivity index (χ1n) is 5.10. The molecule has 2 heteroatoms. The Morgan fingerprint density at radius 1 is 1.47 bits per heavy atom. The summed E-state index contributed by atoms with van der Waals surface area (Å²) in [5.41, 5.74) is 1.91. The molecule has 1 aromatic rings. The third kappa shape index (κ3) is 1.75. The standard InChI is InChI=1S/C13H14FN/c1-3-8-15(2)13-9-12(14)10-6-4-5-7-11(10)13/h1,4-7,12-13H,8-9H2,2H3/t12-,13+/m0/s1. The molecule has 1 aromatic carbocycles. The van der Waals surface area contributed by atoms with Gasteiger partial charge >= 0.3 is 0 Å². The van der Waals surface area contributed by atoms with E-state index >= 15 is 0 Å². The average molecular weight is 203 g/mol. The van der Waals surface area contributed by atoms with E-state index < -0.39 is 6.17 Å². The molecule has 0 radical (unpaired) electrons. The Hall–Kier alpha value is -1.33. The van der Waals surface area contributed by atoms with Crippen LogP contribution in [0.15, 0.2) is 24.3 Å². The number of rotatable bonds is 2. The lowest BCUT2D eigenvalue weighted by molar-refractivity contribution is 0.226. The molecule has 78 valence electrons. The zero-order valence-electron chi connectivity index (χ0n) is 8.78. The molecule has 1 nitrogen and oxygen atoms in total. The lowest BCUT2D eigenvalue weighted by Crippen LogP contribution is -2.23. The average Bonchev–Trinajstić information content (AvgIpc) is 2.58. The molecule has 0 unspecified atom stereocenters. The molecule has 0 aromatic heterocycles. The van der Waals surface area contributed by atoms with Gasteiger partial charge in [0.25, 0.3) is 0 Å². The van der Waals surface area contributed by atoms with Crippen LogP contribution >= 0.6 is 0 Å². The first-order valence-corrected chi connectivity index (χ1v) is 5.10. The zero-order chi connectivity index (χ0) is 10.8. The lowest BCUT2D eigenvalue weighted by Gasteiger charge is -2.22. The van der Waals surface area contributed by atoms with Crippen LogP contribution in [0.4, 0.5) is 4.39 Å². The molecular weight excluding hydrogens is 189 g/mol. The fourth-order valence-corrected chi connectivity index (χ4v) is 2.22. The van der Waals surface area contributed by atoms with Gasteiger partial charge in [-0.25, -0.2) is 4.39 Å². The maximum atomic E-state index is 13.7. The van der Waals surface area contributed by atoms with E-state index in [1.807, 2.05) is 36.2 Å². The van der Waals surface area contributed by atoms with Gasteiger partial charge in [-0.1, -0.05) is 30.2 Å². The maximum absolute atomic E-state index is 13.7. The molecule has 0 amide bonds. The number of alkyl halides is 1. The van der Waals surface area contributed by atoms with E-state index in [0.29, 0.717) is 13.0 Å². The summed E-state index contributed by atoms with van der Waals surface area (Å²) in [6.07, 6.45) is 4.95. The Labute approximate surface area is 89.9 Å². The molecule has 1 aliphatic carbocycles. The van der Waals surface area contributed by atoms with Crippen LogP contribution < -0.4 is 0 Å². The highest BCUT2D eigenvalue weighted by Gasteiger charge is 2.32. The highest BCUT2D eigenvalue weighted by Crippen LogP contribution is 2.43. The first kappa shape index (κ1) is 10.2. The Morgan fingerprint density at radius 2 is 2.13 bits per heavy atom. The predicted molar refractivity (Wildman–Crippen MR) is 59.1 cm³/mol. The van der Waals surface area contributed by atoms with Crippen molar-refractivity contribution < 1.29 is 4.39 Å². The van der Waals surface area contributed by atoms with Crippen molar-refractivity contribution in [3.05, 3.63) is 35.4 Å². The van der Waals surface area contributed by atoms with Crippen molar-refractivity contribution in [2.24, 2.45) is 0 Å². The summed E-state index contributed by atoms with van der Waals surface area (Å²) in [6, 6.07) is 7.83. The van der Waals surface area contributed by atoms with E-state index in [-0.39, 0.29) is 6.04 Å². The van der Waals surface area contributed by atoms with Crippen molar-refractivity contribution in [2.75, 3.05) is 13.6 Å². The number of nitrogens with zero attached hydrogens (tertiary/aromatic N) is 1. The van der Waals surface area contributed by atoms with Gasteiger partial charge in [-0.05, 0) is 18.2 Å². The summed E-state index contributed by atoms with van der Waals surface area (Å²) in [5.74, 6) is 2.59. The predicted octanol–water partition coefficient (Wildman–Crippen LogP) is 2.71. The van der Waals surface area contributed by atoms with Crippen LogP contribution in [0, 0.1) is 12.3 Å². The summed E-state index contributed by atoms with van der Waals surface area (Å²) in [4.78, 5) is 2.03. The lowest BCUT2D eigenvalue weighted by atomic mass is 10.1. The van der Waals surface area contributed by atoms with E-state index in [1.54, 1.807) is 0 Å². The Morgan fingerprint density at radius 3 is 2.80 bits per heavy atom. The van der Waals surface area contributed by atoms with Crippen LogP contribution in [0.2, 0.25) is 0 Å². The number of fused-ring (bicyclic) bond motifs is 1. The van der Waals surface area contributed by atoms with E-state index in [4.69, 9.17) is 6.42 Å². The third-order valence-corrected chi connectivity index (χ3v) is 3.00. The van der Waals surface area contributed by atoms with E-state index in [0.717, 1.165) is 11.1 Å². The fraction of sp³-hybridized carbons (Fsp3) is 0.385. The molecule has 0 aliphatic heterocycles. The van der Waals surface area contributed by atoms with Gasteiger partial charge < -0.3 is 0 Å². The topological polar surface area (TPSA) is 3.24 Å². The molecule has 0 spiro atoms. The van der Waals surface area contributed by atoms with Crippen molar-refractivity contribution in [3.63, 3.8) is 0 Å². The Kier molecular flexibility index (Phi) is 2.75. The molecule has 0 heterocycles. The maximum Gasteiger partial charge on any atom is 0.127 e. The third-order valence-electron chi connectivity index (χ3n) is 3.00. The highest BCUT2D eigenvalue weighted by molar-refractivity contribution is 5.36. The van der Waals surface area contributed by atoms with E-state index in [9.17, 15) is 4.39 Å². The van der Waals surface area contributed by atoms with Gasteiger partial charge in [0, 0.05) is 12.5 Å². The van der Waals surface area contributed by atoms with Crippen LogP contribution in [0.1, 0.15) is 29.8 Å². The van der Waals surface area contributed by atoms with Gasteiger partial charge in [0.05, 0.1) is 6.54 Å². The van der Waals surface area contributed by atoms with Crippen LogP contribution in [0.3, 0.4) is 0 Å². The minimum absolute atomic E-state index is 0.132. The molecule has 0 fully saturated rings. The fourth-order valence-electron chi connectivity index (χ4n) is 2.22. The second-order valence-corrected chi connectivity index (χ2v) is 3.97. The molecule has 2 atom stereocenters. The Bertz CT molecular complexity index is 394. The van der Waals surface area contributed by atoms with Gasteiger partial charge in [0.1, 0.15) is 6.17 Å². The summed E-state index contributed by atoms with van der Waals surface area (Å²) >= 11 is 0. The normalized spacial score (nSPS) is 23.9. The minimum atomic E-state index is -0.841. The number of benzene rings is 1. The van der Waals surface area contributed by atoms with Crippen molar-refractivity contribution in [1.82, 2.24) is 4.90 Å². The van der Waals surface area contributed by atoms with Crippen LogP contribution in [0.25, 0.3) is 0 Å². The van der Waals surface area contributed by atoms with Crippen LogP contribution in [-0.4, -0.2) is 18.5 Å². The molecule has 0 N–H and O–H groups in total. The quantitative estimate of drug-likeness (QED) is 0.668. The number of hydrogen-bond acceptors (Lipinski definition) is 1. The molecular formula is C13H14FN.